The van der Waals surface area contributed by atoms with E-state index in [9.17, 15) is 14.4 Å². The van der Waals surface area contributed by atoms with Gasteiger partial charge in [0.05, 0.1) is 16.9 Å². The summed E-state index contributed by atoms with van der Waals surface area (Å²) < 4.78 is 4.99. The van der Waals surface area contributed by atoms with Crippen molar-refractivity contribution in [3.63, 3.8) is 0 Å². The van der Waals surface area contributed by atoms with Crippen LogP contribution < -0.4 is 16.8 Å². The number of piperazine rings is 1. The standard InChI is InChI=1S/C15H18N4O4/c1-5-9(16)12(21)8-6(4-23-14(17)22)15(2)13-7(18-13)3-19(15)10(8)11(5)20/h6-7,13,18H,3-4,16H2,1-2H3,(H2,17,22)/t6?,7-,13-,15?/m0/s1. The fourth-order valence-electron chi connectivity index (χ4n) is 4.35. The Morgan fingerprint density at radius 2 is 2.13 bits per heavy atom. The molecule has 0 bridgehead atoms. The summed E-state index contributed by atoms with van der Waals surface area (Å²) >= 11 is 0. The van der Waals surface area contributed by atoms with Crippen LogP contribution in [0.4, 0.5) is 4.79 Å². The number of allylic oxidation sites excluding steroid dienone is 2. The van der Waals surface area contributed by atoms with E-state index in [4.69, 9.17) is 16.2 Å². The number of rotatable bonds is 2. The number of fused-ring (bicyclic) bond motifs is 4. The third kappa shape index (κ3) is 1.56. The monoisotopic (exact) mass is 318 g/mol. The number of nitrogens with zero attached hydrogens (tertiary/aromatic N) is 1. The summed E-state index contributed by atoms with van der Waals surface area (Å²) in [6.45, 7) is 4.16. The van der Waals surface area contributed by atoms with Gasteiger partial charge in [-0.1, -0.05) is 0 Å². The highest BCUT2D eigenvalue weighted by molar-refractivity contribution is 6.25. The molecule has 3 heterocycles. The van der Waals surface area contributed by atoms with Crippen LogP contribution in [0.25, 0.3) is 0 Å². The van der Waals surface area contributed by atoms with E-state index in [-0.39, 0.29) is 41.5 Å². The summed E-state index contributed by atoms with van der Waals surface area (Å²) in [4.78, 5) is 38.4. The first-order valence-corrected chi connectivity index (χ1v) is 7.54. The number of carbonyl (C=O) groups is 3. The number of nitrogens with one attached hydrogen (secondary N) is 1. The predicted octanol–water partition coefficient (Wildman–Crippen LogP) is -1.24. The van der Waals surface area contributed by atoms with E-state index >= 15 is 0 Å². The fraction of sp³-hybridized carbons (Fsp3) is 0.533. The number of ketones is 2. The highest BCUT2D eigenvalue weighted by Gasteiger charge is 2.69. The molecule has 8 heteroatoms. The first kappa shape index (κ1) is 14.3. The second-order valence-electron chi connectivity index (χ2n) is 6.73. The molecule has 4 aliphatic rings. The van der Waals surface area contributed by atoms with Crippen molar-refractivity contribution in [2.45, 2.75) is 31.5 Å². The largest absolute Gasteiger partial charge is 0.449 e. The molecule has 0 saturated carbocycles. The van der Waals surface area contributed by atoms with E-state index in [2.05, 4.69) is 5.32 Å². The Hall–Kier alpha value is -2.35. The summed E-state index contributed by atoms with van der Waals surface area (Å²) in [6, 6.07) is 0.438. The van der Waals surface area contributed by atoms with E-state index in [0.29, 0.717) is 17.8 Å². The van der Waals surface area contributed by atoms with Gasteiger partial charge in [-0.2, -0.15) is 0 Å². The van der Waals surface area contributed by atoms with Crippen molar-refractivity contribution in [3.05, 3.63) is 22.5 Å². The third-order valence-corrected chi connectivity index (χ3v) is 5.70. The van der Waals surface area contributed by atoms with Gasteiger partial charge in [0.25, 0.3) is 0 Å². The van der Waals surface area contributed by atoms with Gasteiger partial charge in [0.2, 0.25) is 11.6 Å². The predicted molar refractivity (Wildman–Crippen MR) is 78.8 cm³/mol. The maximum absolute atomic E-state index is 12.7. The Morgan fingerprint density at radius 1 is 1.43 bits per heavy atom. The number of carbonyl (C=O) groups excluding carboxylic acids is 3. The Kier molecular flexibility index (Phi) is 2.56. The van der Waals surface area contributed by atoms with Crippen LogP contribution >= 0.6 is 0 Å². The van der Waals surface area contributed by atoms with Crippen molar-refractivity contribution >= 4 is 17.7 Å². The number of nitrogens with two attached hydrogens (primary N) is 2. The third-order valence-electron chi connectivity index (χ3n) is 5.70. The van der Waals surface area contributed by atoms with Gasteiger partial charge in [-0.05, 0) is 13.8 Å². The van der Waals surface area contributed by atoms with E-state index in [1.807, 2.05) is 11.8 Å². The molecule has 4 rings (SSSR count). The van der Waals surface area contributed by atoms with Gasteiger partial charge in [-0.25, -0.2) is 4.79 Å². The molecular formula is C15H18N4O4. The minimum atomic E-state index is -0.901. The SMILES string of the molecule is CC1=C(N)C(=O)C2=C(C1=O)N1C[C@@H]3N[C@@H]3C1(C)C2COC(N)=O. The summed E-state index contributed by atoms with van der Waals surface area (Å²) in [5.41, 5.74) is 11.4. The molecule has 1 amide bonds. The smallest absolute Gasteiger partial charge is 0.404 e. The lowest BCUT2D eigenvalue weighted by Gasteiger charge is -2.38. The molecule has 0 radical (unpaired) electrons. The number of Topliss-reactive ketones (excluding diaryl/α,β-unsaturated/α-hetero) is 2. The van der Waals surface area contributed by atoms with Crippen molar-refractivity contribution in [3.8, 4) is 0 Å². The van der Waals surface area contributed by atoms with Gasteiger partial charge in [0.1, 0.15) is 6.61 Å². The maximum atomic E-state index is 12.7. The molecule has 1 aliphatic carbocycles. The zero-order valence-electron chi connectivity index (χ0n) is 12.9. The van der Waals surface area contributed by atoms with Crippen LogP contribution in [0.2, 0.25) is 0 Å². The minimum absolute atomic E-state index is 0.0251. The average molecular weight is 318 g/mol. The Balaban J connectivity index is 1.82. The molecule has 4 atom stereocenters. The molecule has 2 saturated heterocycles. The normalized spacial score (nSPS) is 37.8. The summed E-state index contributed by atoms with van der Waals surface area (Å²) in [5.74, 6) is -0.993. The van der Waals surface area contributed by atoms with Crippen LogP contribution in [-0.2, 0) is 14.3 Å². The van der Waals surface area contributed by atoms with E-state index in [1.165, 1.54) is 0 Å². The van der Waals surface area contributed by atoms with Crippen molar-refractivity contribution < 1.29 is 19.1 Å². The number of ether oxygens (including phenoxy) is 1. The van der Waals surface area contributed by atoms with Crippen LogP contribution in [0.1, 0.15) is 13.8 Å². The van der Waals surface area contributed by atoms with Crippen LogP contribution in [0, 0.1) is 5.92 Å². The van der Waals surface area contributed by atoms with Crippen molar-refractivity contribution in [2.24, 2.45) is 17.4 Å². The van der Waals surface area contributed by atoms with Crippen LogP contribution in [0.15, 0.2) is 22.5 Å². The van der Waals surface area contributed by atoms with E-state index in [0.717, 1.165) is 0 Å². The number of hydrogen-bond acceptors (Lipinski definition) is 7. The quantitative estimate of drug-likeness (QED) is 0.428. The van der Waals surface area contributed by atoms with Gasteiger partial charge in [0, 0.05) is 35.7 Å². The maximum Gasteiger partial charge on any atom is 0.404 e. The highest BCUT2D eigenvalue weighted by atomic mass is 16.5. The van der Waals surface area contributed by atoms with Crippen molar-refractivity contribution in [2.75, 3.05) is 13.2 Å². The number of amides is 1. The van der Waals surface area contributed by atoms with Crippen LogP contribution in [0.3, 0.4) is 0 Å². The van der Waals surface area contributed by atoms with Crippen LogP contribution in [-0.4, -0.2) is 53.3 Å². The van der Waals surface area contributed by atoms with E-state index in [1.54, 1.807) is 6.92 Å². The molecule has 0 aromatic carbocycles. The molecule has 3 aliphatic heterocycles. The van der Waals surface area contributed by atoms with E-state index < -0.39 is 17.6 Å². The average Bonchev–Trinajstić information content (AvgIpc) is 3.15. The lowest BCUT2D eigenvalue weighted by molar-refractivity contribution is -0.117. The topological polar surface area (TPSA) is 138 Å². The number of primary amides is 1. The Labute approximate surface area is 132 Å². The number of hydrogen-bond donors (Lipinski definition) is 3. The van der Waals surface area contributed by atoms with Gasteiger partial charge in [-0.3, -0.25) is 9.59 Å². The second-order valence-corrected chi connectivity index (χ2v) is 6.73. The summed E-state index contributed by atoms with van der Waals surface area (Å²) in [5, 5.41) is 3.35. The molecule has 122 valence electrons. The highest BCUT2D eigenvalue weighted by Crippen LogP contribution is 2.54. The van der Waals surface area contributed by atoms with Gasteiger partial charge in [0.15, 0.2) is 0 Å². The molecule has 2 fully saturated rings. The van der Waals surface area contributed by atoms with Gasteiger partial charge in [-0.15, -0.1) is 0 Å². The second kappa shape index (κ2) is 4.14. The molecular weight excluding hydrogens is 300 g/mol. The Bertz CT molecular complexity index is 740. The lowest BCUT2D eigenvalue weighted by Crippen LogP contribution is -2.51. The minimum Gasteiger partial charge on any atom is -0.449 e. The zero-order valence-corrected chi connectivity index (χ0v) is 12.9. The first-order valence-electron chi connectivity index (χ1n) is 7.54. The van der Waals surface area contributed by atoms with Gasteiger partial charge < -0.3 is 26.4 Å². The zero-order chi connectivity index (χ0) is 16.7. The van der Waals surface area contributed by atoms with Gasteiger partial charge >= 0.3 is 6.09 Å². The summed E-state index contributed by atoms with van der Waals surface area (Å²) in [6.07, 6.45) is -0.901. The molecule has 8 nitrogen and oxygen atoms in total. The molecule has 23 heavy (non-hydrogen) atoms. The van der Waals surface area contributed by atoms with Crippen LogP contribution in [0.5, 0.6) is 0 Å². The lowest BCUT2D eigenvalue weighted by atomic mass is 9.78. The van der Waals surface area contributed by atoms with Crippen molar-refractivity contribution in [1.82, 2.24) is 10.2 Å². The Morgan fingerprint density at radius 3 is 2.78 bits per heavy atom. The fourth-order valence-corrected chi connectivity index (χ4v) is 4.35. The molecule has 5 N–H and O–H groups in total. The first-order chi connectivity index (χ1) is 10.8. The molecule has 0 spiro atoms. The summed E-state index contributed by atoms with van der Waals surface area (Å²) in [7, 11) is 0. The molecule has 0 aromatic heterocycles. The van der Waals surface area contributed by atoms with Crippen molar-refractivity contribution in [1.29, 1.82) is 0 Å². The molecule has 2 unspecified atom stereocenters. The molecule has 0 aromatic rings.